The lowest BCUT2D eigenvalue weighted by Crippen LogP contribution is -2.22. The molecular weight excluding hydrogens is 389 g/mol. The van der Waals surface area contributed by atoms with E-state index in [1.165, 1.54) is 29.7 Å². The van der Waals surface area contributed by atoms with Crippen LogP contribution in [0.15, 0.2) is 42.9 Å². The molecule has 0 atom stereocenters. The van der Waals surface area contributed by atoms with Gasteiger partial charge < -0.3 is 0 Å². The maximum atomic E-state index is 12.6. The lowest BCUT2D eigenvalue weighted by molar-refractivity contribution is -0.137. The molecule has 28 heavy (non-hydrogen) atoms. The van der Waals surface area contributed by atoms with Crippen molar-refractivity contribution < 1.29 is 18.0 Å². The minimum Gasteiger partial charge on any atom is -0.298 e. The van der Waals surface area contributed by atoms with Crippen LogP contribution < -0.4 is 5.32 Å². The van der Waals surface area contributed by atoms with Gasteiger partial charge in [0.15, 0.2) is 5.13 Å². The zero-order valence-electron chi connectivity index (χ0n) is 15.5. The van der Waals surface area contributed by atoms with E-state index in [-0.39, 0.29) is 11.4 Å². The molecule has 1 N–H and O–H groups in total. The smallest absolute Gasteiger partial charge is 0.298 e. The summed E-state index contributed by atoms with van der Waals surface area (Å²) in [6.45, 7) is 5.95. The van der Waals surface area contributed by atoms with Gasteiger partial charge in [0.25, 0.3) is 5.91 Å². The van der Waals surface area contributed by atoms with Gasteiger partial charge in [-0.15, -0.1) is 11.3 Å². The lowest BCUT2D eigenvalue weighted by Gasteiger charge is -2.18. The molecule has 0 unspecified atom stereocenters. The Morgan fingerprint density at radius 3 is 2.39 bits per heavy atom. The van der Waals surface area contributed by atoms with Crippen molar-refractivity contribution in [3.8, 4) is 0 Å². The zero-order chi connectivity index (χ0) is 20.5. The van der Waals surface area contributed by atoms with Crippen LogP contribution in [0.25, 0.3) is 0 Å². The number of rotatable bonds is 4. The molecule has 3 aromatic rings. The molecule has 1 amide bonds. The third-order valence-electron chi connectivity index (χ3n) is 3.97. The number of thiazole rings is 1. The fourth-order valence-electron chi connectivity index (χ4n) is 2.44. The van der Waals surface area contributed by atoms with Gasteiger partial charge in [-0.2, -0.15) is 18.3 Å². The van der Waals surface area contributed by atoms with Gasteiger partial charge in [-0.3, -0.25) is 14.8 Å². The van der Waals surface area contributed by atoms with Gasteiger partial charge in [-0.1, -0.05) is 12.1 Å². The molecule has 2 heterocycles. The minimum atomic E-state index is -4.35. The summed E-state index contributed by atoms with van der Waals surface area (Å²) in [4.78, 5) is 17.4. The Hall–Kier alpha value is -2.68. The van der Waals surface area contributed by atoms with Crippen LogP contribution in [-0.4, -0.2) is 20.7 Å². The highest BCUT2D eigenvalue weighted by atomic mass is 32.1. The van der Waals surface area contributed by atoms with E-state index in [1.54, 1.807) is 17.1 Å². The Kier molecular flexibility index (Phi) is 5.29. The van der Waals surface area contributed by atoms with Crippen molar-refractivity contribution in [2.45, 2.75) is 38.9 Å². The lowest BCUT2D eigenvalue weighted by atomic mass is 10.1. The number of carbonyl (C=O) groups excluding carboxylic acids is 1. The van der Waals surface area contributed by atoms with E-state index in [2.05, 4.69) is 15.4 Å². The highest BCUT2D eigenvalue weighted by Crippen LogP contribution is 2.30. The van der Waals surface area contributed by atoms with Crippen LogP contribution in [0, 0.1) is 0 Å². The molecule has 0 saturated heterocycles. The summed E-state index contributed by atoms with van der Waals surface area (Å²) >= 11 is 1.28. The quantitative estimate of drug-likeness (QED) is 0.664. The monoisotopic (exact) mass is 408 g/mol. The van der Waals surface area contributed by atoms with Crippen molar-refractivity contribution in [1.82, 2.24) is 14.8 Å². The molecule has 0 bridgehead atoms. The van der Waals surface area contributed by atoms with E-state index >= 15 is 0 Å². The second-order valence-corrected chi connectivity index (χ2v) is 8.42. The molecule has 3 rings (SSSR count). The number of hydrogen-bond acceptors (Lipinski definition) is 4. The number of nitrogens with zero attached hydrogens (tertiary/aromatic N) is 3. The summed E-state index contributed by atoms with van der Waals surface area (Å²) in [5, 5.41) is 7.35. The summed E-state index contributed by atoms with van der Waals surface area (Å²) in [7, 11) is 0. The summed E-state index contributed by atoms with van der Waals surface area (Å²) in [5.74, 6) is -0.314. The van der Waals surface area contributed by atoms with E-state index in [0.29, 0.717) is 17.1 Å². The first-order chi connectivity index (χ1) is 13.0. The zero-order valence-corrected chi connectivity index (χ0v) is 16.4. The number of anilines is 1. The Bertz CT molecular complexity index is 968. The van der Waals surface area contributed by atoms with Crippen LogP contribution >= 0.6 is 11.3 Å². The average Bonchev–Trinajstić information content (AvgIpc) is 3.24. The molecule has 0 fully saturated rings. The average molecular weight is 408 g/mol. The molecule has 148 valence electrons. The first-order valence-corrected chi connectivity index (χ1v) is 9.31. The number of benzene rings is 1. The summed E-state index contributed by atoms with van der Waals surface area (Å²) in [6, 6.07) is 5.02. The molecular formula is C19H19F3N4OS. The number of hydrogen-bond donors (Lipinski definition) is 1. The van der Waals surface area contributed by atoms with E-state index in [0.717, 1.165) is 22.6 Å². The van der Waals surface area contributed by atoms with Crippen LogP contribution in [0.5, 0.6) is 0 Å². The predicted molar refractivity (Wildman–Crippen MR) is 102 cm³/mol. The van der Waals surface area contributed by atoms with Crippen LogP contribution in [0.2, 0.25) is 0 Å². The fourth-order valence-corrected chi connectivity index (χ4v) is 3.28. The van der Waals surface area contributed by atoms with Crippen molar-refractivity contribution in [2.75, 3.05) is 5.32 Å². The summed E-state index contributed by atoms with van der Waals surface area (Å²) in [6.07, 6.45) is 0.870. The standard InChI is InChI=1S/C19H19F3N4OS/c1-18(2,3)26-11-13(9-24-26)16(27)25-17-23-10-15(28-17)8-12-4-6-14(7-5-12)19(20,21)22/h4-7,9-11H,8H2,1-3H3,(H,23,25,27). The second kappa shape index (κ2) is 7.38. The van der Waals surface area contributed by atoms with E-state index in [9.17, 15) is 18.0 Å². The Morgan fingerprint density at radius 2 is 1.82 bits per heavy atom. The van der Waals surface area contributed by atoms with Gasteiger partial charge in [0.1, 0.15) is 0 Å². The van der Waals surface area contributed by atoms with Gasteiger partial charge >= 0.3 is 6.18 Å². The van der Waals surface area contributed by atoms with Gasteiger partial charge in [-0.25, -0.2) is 4.98 Å². The molecule has 0 spiro atoms. The summed E-state index contributed by atoms with van der Waals surface area (Å²) in [5.41, 5.74) is 0.258. The molecule has 5 nitrogen and oxygen atoms in total. The second-order valence-electron chi connectivity index (χ2n) is 7.30. The fraction of sp³-hybridized carbons (Fsp3) is 0.316. The first-order valence-electron chi connectivity index (χ1n) is 8.50. The number of nitrogens with one attached hydrogen (secondary N) is 1. The van der Waals surface area contributed by atoms with Crippen molar-refractivity contribution >= 4 is 22.4 Å². The van der Waals surface area contributed by atoms with Crippen molar-refractivity contribution in [3.63, 3.8) is 0 Å². The number of aromatic nitrogens is 3. The maximum absolute atomic E-state index is 12.6. The molecule has 0 radical (unpaired) electrons. The molecule has 0 aliphatic rings. The third-order valence-corrected chi connectivity index (χ3v) is 4.88. The topological polar surface area (TPSA) is 59.8 Å². The van der Waals surface area contributed by atoms with Crippen LogP contribution in [0.1, 0.15) is 47.1 Å². The van der Waals surface area contributed by atoms with Crippen LogP contribution in [-0.2, 0) is 18.1 Å². The largest absolute Gasteiger partial charge is 0.416 e. The third kappa shape index (κ3) is 4.78. The number of amides is 1. The molecule has 9 heteroatoms. The molecule has 1 aromatic carbocycles. The molecule has 2 aromatic heterocycles. The van der Waals surface area contributed by atoms with Crippen molar-refractivity contribution in [2.24, 2.45) is 0 Å². The highest BCUT2D eigenvalue weighted by molar-refractivity contribution is 7.15. The van der Waals surface area contributed by atoms with Gasteiger partial charge in [0.2, 0.25) is 0 Å². The Labute approximate surface area is 164 Å². The molecule has 0 aliphatic heterocycles. The minimum absolute atomic E-state index is 0.228. The molecule has 0 saturated carbocycles. The van der Waals surface area contributed by atoms with E-state index in [1.807, 2.05) is 20.8 Å². The number of halogens is 3. The summed E-state index contributed by atoms with van der Waals surface area (Å²) < 4.78 is 39.6. The van der Waals surface area contributed by atoms with Gasteiger partial charge in [0.05, 0.1) is 22.9 Å². The predicted octanol–water partition coefficient (Wildman–Crippen LogP) is 4.96. The van der Waals surface area contributed by atoms with Crippen molar-refractivity contribution in [3.05, 3.63) is 64.4 Å². The van der Waals surface area contributed by atoms with Crippen LogP contribution in [0.3, 0.4) is 0 Å². The first kappa shape index (κ1) is 20.1. The number of alkyl halides is 3. The van der Waals surface area contributed by atoms with Gasteiger partial charge in [-0.05, 0) is 38.5 Å². The Balaban J connectivity index is 1.64. The van der Waals surface area contributed by atoms with Crippen LogP contribution in [0.4, 0.5) is 18.3 Å². The highest BCUT2D eigenvalue weighted by Gasteiger charge is 2.29. The SMILES string of the molecule is CC(C)(C)n1cc(C(=O)Nc2ncc(Cc3ccc(C(F)(F)F)cc3)s2)cn1. The maximum Gasteiger partial charge on any atom is 0.416 e. The molecule has 0 aliphatic carbocycles. The normalized spacial score (nSPS) is 12.2. The van der Waals surface area contributed by atoms with E-state index in [4.69, 9.17) is 0 Å². The van der Waals surface area contributed by atoms with E-state index < -0.39 is 11.7 Å². The Morgan fingerprint density at radius 1 is 1.14 bits per heavy atom. The van der Waals surface area contributed by atoms with Gasteiger partial charge in [0, 0.05) is 23.7 Å². The number of carbonyl (C=O) groups is 1. The van der Waals surface area contributed by atoms with Crippen molar-refractivity contribution in [1.29, 1.82) is 0 Å².